The Morgan fingerprint density at radius 1 is 0.467 bits per heavy atom. The van der Waals surface area contributed by atoms with E-state index in [1.54, 1.807) is 94.7 Å². The Labute approximate surface area is 266 Å². The van der Waals surface area contributed by atoms with E-state index in [0.717, 1.165) is 28.6 Å². The molecule has 2 aliphatic carbocycles. The highest BCUT2D eigenvalue weighted by molar-refractivity contribution is 7.40. The quantitative estimate of drug-likeness (QED) is 0.140. The number of fused-ring (bicyclic) bond motifs is 5. The molecule has 0 saturated heterocycles. The monoisotopic (exact) mass is 640 g/mol. The highest BCUT2D eigenvalue weighted by Crippen LogP contribution is 2.48. The number of rotatable bonds is 4. The van der Waals surface area contributed by atoms with Crippen LogP contribution in [0.1, 0.15) is 53.0 Å². The summed E-state index contributed by atoms with van der Waals surface area (Å²) in [5.41, 5.74) is 1.91. The molecule has 2 aromatic carbocycles. The third kappa shape index (κ3) is 3.98. The zero-order chi connectivity index (χ0) is 30.4. The van der Waals surface area contributed by atoms with Crippen molar-refractivity contribution in [2.75, 3.05) is 0 Å². The standard InChI is InChI=1S/C36H16O6S3/c37-31-19-5-1-2-6-20(19)32(38)23(31)13-17-9-11-25(41-17)27-15-29-35(44-27)36-30(43-29)16-28(45-36)26-12-10-18(42-26)14-24-33(39)21-7-3-4-8-22(21)34(24)40/h1-16H. The minimum absolute atomic E-state index is 0.112. The van der Waals surface area contributed by atoms with Gasteiger partial charge in [0, 0.05) is 31.7 Å². The third-order valence-electron chi connectivity index (χ3n) is 7.95. The van der Waals surface area contributed by atoms with Gasteiger partial charge in [-0.1, -0.05) is 48.5 Å². The summed E-state index contributed by atoms with van der Waals surface area (Å²) in [4.78, 5) is 53.0. The van der Waals surface area contributed by atoms with Gasteiger partial charge in [-0.3, -0.25) is 19.2 Å². The first kappa shape index (κ1) is 26.2. The van der Waals surface area contributed by atoms with Gasteiger partial charge < -0.3 is 8.83 Å². The number of thiophene rings is 3. The number of ketones is 4. The Morgan fingerprint density at radius 2 is 0.844 bits per heavy atom. The van der Waals surface area contributed by atoms with E-state index in [1.807, 2.05) is 12.1 Å². The Kier molecular flexibility index (Phi) is 5.61. The Morgan fingerprint density at radius 3 is 1.22 bits per heavy atom. The molecule has 0 spiro atoms. The van der Waals surface area contributed by atoms with Crippen LogP contribution in [0.3, 0.4) is 0 Å². The van der Waals surface area contributed by atoms with Crippen molar-refractivity contribution in [3.8, 4) is 21.3 Å². The number of carbonyl (C=O) groups is 4. The van der Waals surface area contributed by atoms with Crippen molar-refractivity contribution in [1.29, 1.82) is 0 Å². The average molecular weight is 641 g/mol. The molecule has 2 aliphatic rings. The summed E-state index contributed by atoms with van der Waals surface area (Å²) in [5.74, 6) is 1.08. The maximum Gasteiger partial charge on any atom is 0.197 e. The average Bonchev–Trinajstić information content (AvgIpc) is 3.90. The molecule has 0 bridgehead atoms. The van der Waals surface area contributed by atoms with E-state index in [0.29, 0.717) is 45.3 Å². The summed E-state index contributed by atoms with van der Waals surface area (Å²) < 4.78 is 16.7. The van der Waals surface area contributed by atoms with Gasteiger partial charge in [-0.25, -0.2) is 0 Å². The van der Waals surface area contributed by atoms with E-state index in [4.69, 9.17) is 8.83 Å². The van der Waals surface area contributed by atoms with Gasteiger partial charge in [-0.05, 0) is 48.6 Å². The summed E-state index contributed by atoms with van der Waals surface area (Å²) >= 11 is 4.92. The first-order chi connectivity index (χ1) is 21.9. The molecule has 0 atom stereocenters. The van der Waals surface area contributed by atoms with Gasteiger partial charge in [-0.15, -0.1) is 34.0 Å². The fourth-order valence-electron chi connectivity index (χ4n) is 5.80. The number of furan rings is 2. The fraction of sp³-hybridized carbons (Fsp3) is 0. The smallest absolute Gasteiger partial charge is 0.197 e. The number of benzene rings is 2. The van der Waals surface area contributed by atoms with Crippen LogP contribution >= 0.6 is 34.0 Å². The van der Waals surface area contributed by atoms with E-state index < -0.39 is 0 Å². The molecule has 9 rings (SSSR count). The van der Waals surface area contributed by atoms with E-state index in [1.165, 1.54) is 12.2 Å². The summed E-state index contributed by atoms with van der Waals surface area (Å²) in [5, 5.41) is 0. The molecule has 0 fully saturated rings. The van der Waals surface area contributed by atoms with Crippen molar-refractivity contribution in [3.05, 3.63) is 130 Å². The molecular formula is C36H16O6S3. The zero-order valence-corrected chi connectivity index (χ0v) is 25.4. The molecule has 5 heterocycles. The van der Waals surface area contributed by atoms with Crippen LogP contribution in [-0.2, 0) is 0 Å². The van der Waals surface area contributed by atoms with E-state index in [2.05, 4.69) is 12.1 Å². The highest BCUT2D eigenvalue weighted by Gasteiger charge is 2.34. The molecule has 0 N–H and O–H groups in total. The number of Topliss-reactive ketones (excluding diaryl/α,β-unsaturated/α-hetero) is 4. The molecule has 0 unspecified atom stereocenters. The highest BCUT2D eigenvalue weighted by atomic mass is 32.1. The Balaban J connectivity index is 0.995. The Hall–Kier alpha value is -5.22. The minimum Gasteiger partial charge on any atom is -0.456 e. The lowest BCUT2D eigenvalue weighted by Gasteiger charge is -1.93. The van der Waals surface area contributed by atoms with Gasteiger partial charge in [0.25, 0.3) is 0 Å². The first-order valence-corrected chi connectivity index (χ1v) is 16.3. The fourth-order valence-corrected chi connectivity index (χ4v) is 9.74. The minimum atomic E-state index is -0.285. The third-order valence-corrected chi connectivity index (χ3v) is 11.8. The molecule has 9 heteroatoms. The van der Waals surface area contributed by atoms with Crippen molar-refractivity contribution in [2.24, 2.45) is 0 Å². The van der Waals surface area contributed by atoms with Crippen LogP contribution < -0.4 is 0 Å². The molecule has 0 aliphatic heterocycles. The van der Waals surface area contributed by atoms with Gasteiger partial charge >= 0.3 is 0 Å². The van der Waals surface area contributed by atoms with Crippen LogP contribution in [0.5, 0.6) is 0 Å². The molecule has 5 aromatic heterocycles. The largest absolute Gasteiger partial charge is 0.456 e. The number of allylic oxidation sites excluding steroid dienone is 2. The molecule has 6 nitrogen and oxygen atoms in total. The van der Waals surface area contributed by atoms with Crippen LogP contribution in [0.4, 0.5) is 0 Å². The molecule has 7 aromatic rings. The van der Waals surface area contributed by atoms with E-state index >= 15 is 0 Å². The van der Waals surface area contributed by atoms with Gasteiger partial charge in [-0.2, -0.15) is 0 Å². The van der Waals surface area contributed by atoms with Crippen molar-refractivity contribution in [2.45, 2.75) is 0 Å². The molecular weight excluding hydrogens is 625 g/mol. The number of hydrogen-bond acceptors (Lipinski definition) is 9. The second-order valence-electron chi connectivity index (χ2n) is 10.6. The molecule has 214 valence electrons. The Bertz CT molecular complexity index is 2270. The first-order valence-electron chi connectivity index (χ1n) is 13.9. The summed E-state index contributed by atoms with van der Waals surface area (Å²) in [6.45, 7) is 0. The van der Waals surface area contributed by atoms with Crippen molar-refractivity contribution in [3.63, 3.8) is 0 Å². The maximum absolute atomic E-state index is 12.8. The second-order valence-corrected chi connectivity index (χ2v) is 13.8. The van der Waals surface area contributed by atoms with Gasteiger partial charge in [0.15, 0.2) is 23.1 Å². The topological polar surface area (TPSA) is 94.6 Å². The van der Waals surface area contributed by atoms with Crippen molar-refractivity contribution < 1.29 is 28.0 Å². The van der Waals surface area contributed by atoms with Crippen LogP contribution in [0.15, 0.2) is 105 Å². The van der Waals surface area contributed by atoms with E-state index in [-0.39, 0.29) is 34.3 Å². The van der Waals surface area contributed by atoms with Crippen LogP contribution in [0.25, 0.3) is 52.2 Å². The SMILES string of the molecule is O=C1C(=Cc2ccc(-c3cc4sc5cc(-c6ccc(C=C7C(=O)c8ccccc8C7=O)o6)sc5c4s3)o2)C(=O)c2ccccc21. The lowest BCUT2D eigenvalue weighted by molar-refractivity contribution is 0.0974. The van der Waals surface area contributed by atoms with Gasteiger partial charge in [0.05, 0.1) is 30.3 Å². The second kappa shape index (κ2) is 9.64. The lowest BCUT2D eigenvalue weighted by Crippen LogP contribution is -1.99. The summed E-state index contributed by atoms with van der Waals surface area (Å²) in [6, 6.07) is 25.1. The number of carbonyl (C=O) groups excluding carboxylic acids is 4. The molecule has 45 heavy (non-hydrogen) atoms. The van der Waals surface area contributed by atoms with Gasteiger partial charge in [0.1, 0.15) is 23.0 Å². The summed E-state index contributed by atoms with van der Waals surface area (Å²) in [6.07, 6.45) is 3.05. The van der Waals surface area contributed by atoms with E-state index in [9.17, 15) is 19.2 Å². The molecule has 0 radical (unpaired) electrons. The molecule has 0 amide bonds. The lowest BCUT2D eigenvalue weighted by atomic mass is 10.1. The maximum atomic E-state index is 12.8. The summed E-state index contributed by atoms with van der Waals surface area (Å²) in [7, 11) is 0. The predicted octanol–water partition coefficient (Wildman–Crippen LogP) is 9.62. The van der Waals surface area contributed by atoms with Crippen LogP contribution in [0, 0.1) is 0 Å². The van der Waals surface area contributed by atoms with Crippen LogP contribution in [0.2, 0.25) is 0 Å². The van der Waals surface area contributed by atoms with Crippen LogP contribution in [-0.4, -0.2) is 23.1 Å². The number of hydrogen-bond donors (Lipinski definition) is 0. The molecule has 0 saturated carbocycles. The predicted molar refractivity (Wildman–Crippen MR) is 177 cm³/mol. The zero-order valence-electron chi connectivity index (χ0n) is 22.9. The van der Waals surface area contributed by atoms with Crippen molar-refractivity contribution >= 4 is 88.1 Å². The normalized spacial score (nSPS) is 14.3. The van der Waals surface area contributed by atoms with Gasteiger partial charge in [0.2, 0.25) is 0 Å². The van der Waals surface area contributed by atoms with Crippen molar-refractivity contribution in [1.82, 2.24) is 0 Å².